The molecule has 6 aromatic carbocycles. The Hall–Kier alpha value is -4.88. The van der Waals surface area contributed by atoms with Crippen molar-refractivity contribution in [2.45, 2.75) is 0 Å². The van der Waals surface area contributed by atoms with Crippen molar-refractivity contribution in [3.63, 3.8) is 0 Å². The van der Waals surface area contributed by atoms with Crippen molar-refractivity contribution >= 4 is 40.0 Å². The summed E-state index contributed by atoms with van der Waals surface area (Å²) in [6.45, 7) is 0. The Morgan fingerprint density at radius 1 is 0.378 bits per heavy atom. The summed E-state index contributed by atoms with van der Waals surface area (Å²) >= 11 is 0. The highest BCUT2D eigenvalue weighted by atomic mass is 15.1. The van der Waals surface area contributed by atoms with Gasteiger partial charge >= 0.3 is 0 Å². The summed E-state index contributed by atoms with van der Waals surface area (Å²) < 4.78 is 0. The normalized spacial score (nSPS) is 11.1. The van der Waals surface area contributed by atoms with Gasteiger partial charge in [0.1, 0.15) is 0 Å². The number of hydrogen-bond acceptors (Lipinski definition) is 1. The van der Waals surface area contributed by atoms with E-state index >= 15 is 0 Å². The Morgan fingerprint density at radius 3 is 1.51 bits per heavy atom. The highest BCUT2D eigenvalue weighted by molar-refractivity contribution is 6.03. The lowest BCUT2D eigenvalue weighted by Crippen LogP contribution is -2.10. The zero-order valence-corrected chi connectivity index (χ0v) is 20.5. The fourth-order valence-corrected chi connectivity index (χ4v) is 4.83. The SMILES string of the molecule is C(=C\c1ccc(N(c2ccccc2)c2ccccc2)c2ccccc12)/c1ccc(-c2ccccc2)cc1. The average molecular weight is 474 g/mol. The first-order valence-electron chi connectivity index (χ1n) is 12.6. The summed E-state index contributed by atoms with van der Waals surface area (Å²) in [4.78, 5) is 2.33. The maximum atomic E-state index is 2.33. The van der Waals surface area contributed by atoms with E-state index in [2.05, 4.69) is 169 Å². The molecule has 37 heavy (non-hydrogen) atoms. The fraction of sp³-hybridized carbons (Fsp3) is 0. The number of rotatable bonds is 6. The van der Waals surface area contributed by atoms with Gasteiger partial charge in [0.25, 0.3) is 0 Å². The monoisotopic (exact) mass is 473 g/mol. The summed E-state index contributed by atoms with van der Waals surface area (Å²) in [6, 6.07) is 53.5. The summed E-state index contributed by atoms with van der Waals surface area (Å²) in [7, 11) is 0. The molecule has 0 fully saturated rings. The van der Waals surface area contributed by atoms with Gasteiger partial charge in [-0.25, -0.2) is 0 Å². The smallest absolute Gasteiger partial charge is 0.0540 e. The molecule has 0 amide bonds. The predicted molar refractivity (Wildman–Crippen MR) is 159 cm³/mol. The van der Waals surface area contributed by atoms with E-state index < -0.39 is 0 Å². The molecule has 0 aliphatic carbocycles. The lowest BCUT2D eigenvalue weighted by Gasteiger charge is -2.27. The Morgan fingerprint density at radius 2 is 0.892 bits per heavy atom. The van der Waals surface area contributed by atoms with Crippen molar-refractivity contribution in [2.75, 3.05) is 4.90 Å². The van der Waals surface area contributed by atoms with Gasteiger partial charge in [-0.2, -0.15) is 0 Å². The van der Waals surface area contributed by atoms with Gasteiger partial charge in [0.05, 0.1) is 5.69 Å². The first-order chi connectivity index (χ1) is 18.4. The van der Waals surface area contributed by atoms with Gasteiger partial charge in [-0.15, -0.1) is 0 Å². The summed E-state index contributed by atoms with van der Waals surface area (Å²) in [5.41, 5.74) is 8.30. The van der Waals surface area contributed by atoms with Crippen LogP contribution < -0.4 is 4.90 Å². The standard InChI is InChI=1S/C36H27N/c1-4-12-29(13-5-1)30-23-20-28(21-24-30)22-25-31-26-27-36(35-19-11-10-18-34(31)35)37(32-14-6-2-7-15-32)33-16-8-3-9-17-33/h1-27H/b25-22+. The molecule has 0 bridgehead atoms. The Kier molecular flexibility index (Phi) is 6.34. The highest BCUT2D eigenvalue weighted by Gasteiger charge is 2.15. The second-order valence-electron chi connectivity index (χ2n) is 9.05. The number of benzene rings is 6. The van der Waals surface area contributed by atoms with E-state index in [1.165, 1.54) is 33.0 Å². The lowest BCUT2D eigenvalue weighted by atomic mass is 9.99. The molecule has 176 valence electrons. The molecule has 0 aliphatic heterocycles. The van der Waals surface area contributed by atoms with Crippen molar-refractivity contribution in [3.8, 4) is 11.1 Å². The fourth-order valence-electron chi connectivity index (χ4n) is 4.83. The molecular formula is C36H27N. The lowest BCUT2D eigenvalue weighted by molar-refractivity contribution is 1.30. The molecule has 0 spiro atoms. The van der Waals surface area contributed by atoms with Gasteiger partial charge in [-0.1, -0.05) is 133 Å². The molecule has 0 unspecified atom stereocenters. The molecule has 0 saturated heterocycles. The minimum Gasteiger partial charge on any atom is -0.310 e. The molecule has 1 heteroatoms. The van der Waals surface area contributed by atoms with E-state index in [0.29, 0.717) is 0 Å². The Balaban J connectivity index is 1.38. The molecule has 1 nitrogen and oxygen atoms in total. The van der Waals surface area contributed by atoms with Crippen LogP contribution in [-0.2, 0) is 0 Å². The van der Waals surface area contributed by atoms with Gasteiger partial charge in [-0.3, -0.25) is 0 Å². The van der Waals surface area contributed by atoms with Crippen LogP contribution in [-0.4, -0.2) is 0 Å². The van der Waals surface area contributed by atoms with Crippen molar-refractivity contribution < 1.29 is 0 Å². The largest absolute Gasteiger partial charge is 0.310 e. The van der Waals surface area contributed by atoms with Crippen molar-refractivity contribution in [1.82, 2.24) is 0 Å². The third-order valence-electron chi connectivity index (χ3n) is 6.68. The van der Waals surface area contributed by atoms with E-state index in [9.17, 15) is 0 Å². The van der Waals surface area contributed by atoms with E-state index in [1.807, 2.05) is 0 Å². The number of fused-ring (bicyclic) bond motifs is 1. The molecule has 0 radical (unpaired) electrons. The second-order valence-corrected chi connectivity index (χ2v) is 9.05. The number of anilines is 3. The minimum atomic E-state index is 1.14. The van der Waals surface area contributed by atoms with Crippen molar-refractivity contribution in [2.24, 2.45) is 0 Å². The maximum absolute atomic E-state index is 2.33. The molecular weight excluding hydrogens is 446 g/mol. The highest BCUT2D eigenvalue weighted by Crippen LogP contribution is 2.39. The van der Waals surface area contributed by atoms with E-state index in [0.717, 1.165) is 17.1 Å². The molecule has 0 atom stereocenters. The third-order valence-corrected chi connectivity index (χ3v) is 6.68. The van der Waals surface area contributed by atoms with Crippen molar-refractivity contribution in [1.29, 1.82) is 0 Å². The third kappa shape index (κ3) is 4.80. The molecule has 0 N–H and O–H groups in total. The topological polar surface area (TPSA) is 3.24 Å². The van der Waals surface area contributed by atoms with Crippen LogP contribution in [0, 0.1) is 0 Å². The molecule has 0 heterocycles. The van der Waals surface area contributed by atoms with Gasteiger partial charge in [-0.05, 0) is 58.0 Å². The number of nitrogens with zero attached hydrogens (tertiary/aromatic N) is 1. The van der Waals surface area contributed by atoms with Crippen LogP contribution >= 0.6 is 0 Å². The first kappa shape index (κ1) is 22.6. The zero-order valence-electron chi connectivity index (χ0n) is 20.5. The molecule has 0 saturated carbocycles. The first-order valence-corrected chi connectivity index (χ1v) is 12.6. The van der Waals surface area contributed by atoms with Crippen LogP contribution in [0.5, 0.6) is 0 Å². The maximum Gasteiger partial charge on any atom is 0.0540 e. The Labute approximate surface area is 218 Å². The van der Waals surface area contributed by atoms with Gasteiger partial charge < -0.3 is 4.90 Å². The van der Waals surface area contributed by atoms with Crippen LogP contribution in [0.4, 0.5) is 17.1 Å². The van der Waals surface area contributed by atoms with Crippen LogP contribution in [0.3, 0.4) is 0 Å². The van der Waals surface area contributed by atoms with Crippen molar-refractivity contribution in [3.05, 3.63) is 163 Å². The zero-order chi connectivity index (χ0) is 24.9. The van der Waals surface area contributed by atoms with Gasteiger partial charge in [0.15, 0.2) is 0 Å². The van der Waals surface area contributed by atoms with Gasteiger partial charge in [0, 0.05) is 16.8 Å². The van der Waals surface area contributed by atoms with E-state index in [-0.39, 0.29) is 0 Å². The summed E-state index contributed by atoms with van der Waals surface area (Å²) in [5, 5.41) is 2.45. The predicted octanol–water partition coefficient (Wildman–Crippen LogP) is 10.1. The number of hydrogen-bond donors (Lipinski definition) is 0. The second kappa shape index (κ2) is 10.4. The molecule has 0 aliphatic rings. The molecule has 6 rings (SSSR count). The summed E-state index contributed by atoms with van der Waals surface area (Å²) in [6.07, 6.45) is 4.42. The van der Waals surface area contributed by atoms with E-state index in [4.69, 9.17) is 0 Å². The van der Waals surface area contributed by atoms with Crippen LogP contribution in [0.25, 0.3) is 34.1 Å². The van der Waals surface area contributed by atoms with Crippen LogP contribution in [0.1, 0.15) is 11.1 Å². The quantitative estimate of drug-likeness (QED) is 0.217. The van der Waals surface area contributed by atoms with Crippen LogP contribution in [0.2, 0.25) is 0 Å². The molecule has 0 aromatic heterocycles. The van der Waals surface area contributed by atoms with Crippen LogP contribution in [0.15, 0.2) is 152 Å². The average Bonchev–Trinajstić information content (AvgIpc) is 2.99. The van der Waals surface area contributed by atoms with E-state index in [1.54, 1.807) is 0 Å². The summed E-state index contributed by atoms with van der Waals surface area (Å²) in [5.74, 6) is 0. The van der Waals surface area contributed by atoms with Gasteiger partial charge in [0.2, 0.25) is 0 Å². The Bertz CT molecular complexity index is 1600. The number of para-hydroxylation sites is 2. The molecule has 6 aromatic rings. The minimum absolute atomic E-state index is 1.14.